The Bertz CT molecular complexity index is 521. The lowest BCUT2D eigenvalue weighted by atomic mass is 10.1. The minimum atomic E-state index is 0.942. The number of hydrogen-bond acceptors (Lipinski definition) is 1. The van der Waals surface area contributed by atoms with E-state index in [1.54, 1.807) is 0 Å². The van der Waals surface area contributed by atoms with E-state index in [1.165, 1.54) is 17.0 Å². The van der Waals surface area contributed by atoms with Crippen LogP contribution in [0.2, 0.25) is 0 Å². The van der Waals surface area contributed by atoms with Crippen molar-refractivity contribution in [1.29, 1.82) is 0 Å². The van der Waals surface area contributed by atoms with Gasteiger partial charge in [-0.05, 0) is 24.6 Å². The molecule has 2 aromatic rings. The maximum Gasteiger partial charge on any atom is 0.0745 e. The molecule has 0 aliphatic carbocycles. The van der Waals surface area contributed by atoms with Crippen molar-refractivity contribution < 1.29 is 0 Å². The Morgan fingerprint density at radius 1 is 1.07 bits per heavy atom. The molecule has 0 bridgehead atoms. The van der Waals surface area contributed by atoms with E-state index in [0.29, 0.717) is 0 Å². The molecule has 74 valence electrons. The monoisotopic (exact) mass is 196 g/mol. The second-order valence-corrected chi connectivity index (χ2v) is 3.87. The summed E-state index contributed by atoms with van der Waals surface area (Å²) in [6, 6.07) is 14.6. The van der Waals surface area contributed by atoms with Crippen LogP contribution in [0.1, 0.15) is 17.0 Å². The molecule has 0 N–H and O–H groups in total. The van der Waals surface area contributed by atoms with Crippen molar-refractivity contribution in [3.63, 3.8) is 0 Å². The fourth-order valence-corrected chi connectivity index (χ4v) is 1.98. The zero-order valence-electron chi connectivity index (χ0n) is 8.64. The molecule has 2 heteroatoms. The predicted molar refractivity (Wildman–Crippen MR) is 61.3 cm³/mol. The lowest BCUT2D eigenvalue weighted by Crippen LogP contribution is -1.99. The van der Waals surface area contributed by atoms with Crippen molar-refractivity contribution in [2.75, 3.05) is 0 Å². The molecule has 15 heavy (non-hydrogen) atoms. The fourth-order valence-electron chi connectivity index (χ4n) is 1.98. The molecule has 0 radical (unpaired) electrons. The van der Waals surface area contributed by atoms with Crippen LogP contribution in [0.15, 0.2) is 47.6 Å². The summed E-state index contributed by atoms with van der Waals surface area (Å²) in [6.07, 6.45) is 0.942. The smallest absolute Gasteiger partial charge is 0.0745 e. The Balaban J connectivity index is 2.04. The normalized spacial score (nSPS) is 13.8. The van der Waals surface area contributed by atoms with Gasteiger partial charge in [0.2, 0.25) is 0 Å². The molecular formula is C13H12N2. The molecule has 0 unspecified atom stereocenters. The van der Waals surface area contributed by atoms with Crippen molar-refractivity contribution in [3.05, 3.63) is 59.4 Å². The summed E-state index contributed by atoms with van der Waals surface area (Å²) >= 11 is 0. The Morgan fingerprint density at radius 3 is 2.60 bits per heavy atom. The molecule has 2 nitrogen and oxygen atoms in total. The molecule has 1 aromatic carbocycles. The third kappa shape index (κ3) is 1.30. The van der Waals surface area contributed by atoms with Gasteiger partial charge in [-0.1, -0.05) is 30.3 Å². The van der Waals surface area contributed by atoms with Crippen LogP contribution in [-0.4, -0.2) is 10.4 Å². The number of aryl methyl sites for hydroxylation is 1. The summed E-state index contributed by atoms with van der Waals surface area (Å²) in [7, 11) is 0. The van der Waals surface area contributed by atoms with Gasteiger partial charge in [0.15, 0.2) is 0 Å². The van der Waals surface area contributed by atoms with Gasteiger partial charge >= 0.3 is 0 Å². The van der Waals surface area contributed by atoms with Gasteiger partial charge in [-0.2, -0.15) is 5.10 Å². The largest absolute Gasteiger partial charge is 0.242 e. The second-order valence-electron chi connectivity index (χ2n) is 3.87. The Labute approximate surface area is 88.9 Å². The highest BCUT2D eigenvalue weighted by Gasteiger charge is 2.16. The molecule has 1 aromatic heterocycles. The van der Waals surface area contributed by atoms with Crippen LogP contribution in [0.4, 0.5) is 0 Å². The number of fused-ring (bicyclic) bond motifs is 1. The van der Waals surface area contributed by atoms with E-state index in [0.717, 1.165) is 12.1 Å². The summed E-state index contributed by atoms with van der Waals surface area (Å²) in [5.41, 5.74) is 4.87. The average Bonchev–Trinajstić information content (AvgIpc) is 2.83. The highest BCUT2D eigenvalue weighted by atomic mass is 15.4. The van der Waals surface area contributed by atoms with E-state index >= 15 is 0 Å². The molecule has 2 heterocycles. The predicted octanol–water partition coefficient (Wildman–Crippen LogP) is 2.61. The van der Waals surface area contributed by atoms with E-state index in [1.807, 2.05) is 10.7 Å². The highest BCUT2D eigenvalue weighted by Crippen LogP contribution is 2.19. The third-order valence-corrected chi connectivity index (χ3v) is 2.80. The first kappa shape index (κ1) is 8.48. The quantitative estimate of drug-likeness (QED) is 0.667. The topological polar surface area (TPSA) is 17.3 Å². The average molecular weight is 196 g/mol. The summed E-state index contributed by atoms with van der Waals surface area (Å²) < 4.78 is 2.03. The second kappa shape index (κ2) is 3.09. The Morgan fingerprint density at radius 2 is 1.87 bits per heavy atom. The summed E-state index contributed by atoms with van der Waals surface area (Å²) in [4.78, 5) is 0. The van der Waals surface area contributed by atoms with Crippen LogP contribution >= 0.6 is 0 Å². The zero-order chi connectivity index (χ0) is 10.3. The molecule has 0 saturated carbocycles. The molecule has 3 rings (SSSR count). The van der Waals surface area contributed by atoms with Crippen molar-refractivity contribution in [1.82, 2.24) is 4.68 Å². The zero-order valence-corrected chi connectivity index (χ0v) is 8.64. The highest BCUT2D eigenvalue weighted by molar-refractivity contribution is 6.02. The number of aromatic nitrogens is 1. The lowest BCUT2D eigenvalue weighted by Gasteiger charge is -1.97. The number of benzene rings is 1. The van der Waals surface area contributed by atoms with Crippen LogP contribution in [-0.2, 0) is 6.42 Å². The number of rotatable bonds is 1. The van der Waals surface area contributed by atoms with Crippen LogP contribution in [0.5, 0.6) is 0 Å². The molecular weight excluding hydrogens is 184 g/mol. The Hall–Kier alpha value is -1.83. The number of nitrogens with zero attached hydrogens (tertiary/aromatic N) is 2. The van der Waals surface area contributed by atoms with Crippen LogP contribution in [0.3, 0.4) is 0 Å². The molecule has 1 aliphatic heterocycles. The van der Waals surface area contributed by atoms with Gasteiger partial charge in [0.05, 0.1) is 5.71 Å². The van der Waals surface area contributed by atoms with E-state index < -0.39 is 0 Å². The van der Waals surface area contributed by atoms with E-state index in [9.17, 15) is 0 Å². The molecule has 0 atom stereocenters. The summed E-state index contributed by atoms with van der Waals surface area (Å²) in [5, 5.41) is 4.61. The first-order valence-electron chi connectivity index (χ1n) is 5.15. The van der Waals surface area contributed by atoms with Gasteiger partial charge in [-0.15, -0.1) is 0 Å². The van der Waals surface area contributed by atoms with E-state index in [4.69, 9.17) is 0 Å². The van der Waals surface area contributed by atoms with Crippen LogP contribution in [0, 0.1) is 6.92 Å². The SMILES string of the molecule is Cc1ccc2n1N=C(c1ccccc1)C2. The van der Waals surface area contributed by atoms with Crippen LogP contribution in [0.25, 0.3) is 0 Å². The maximum absolute atomic E-state index is 4.61. The molecule has 0 spiro atoms. The number of hydrogen-bond donors (Lipinski definition) is 0. The van der Waals surface area contributed by atoms with Gasteiger partial charge in [-0.25, -0.2) is 4.68 Å². The van der Waals surface area contributed by atoms with Crippen molar-refractivity contribution in [2.24, 2.45) is 5.10 Å². The Kier molecular flexibility index (Phi) is 1.75. The maximum atomic E-state index is 4.61. The van der Waals surface area contributed by atoms with Crippen molar-refractivity contribution in [3.8, 4) is 0 Å². The molecule has 1 aliphatic rings. The van der Waals surface area contributed by atoms with Crippen molar-refractivity contribution >= 4 is 5.71 Å². The summed E-state index contributed by atoms with van der Waals surface area (Å²) in [6.45, 7) is 2.08. The molecule has 0 saturated heterocycles. The third-order valence-electron chi connectivity index (χ3n) is 2.80. The molecule has 0 fully saturated rings. The first-order chi connectivity index (χ1) is 7.34. The minimum Gasteiger partial charge on any atom is -0.242 e. The van der Waals surface area contributed by atoms with Gasteiger partial charge in [-0.3, -0.25) is 0 Å². The van der Waals surface area contributed by atoms with Crippen LogP contribution < -0.4 is 0 Å². The van der Waals surface area contributed by atoms with E-state index in [2.05, 4.69) is 48.4 Å². The standard InChI is InChI=1S/C13H12N2/c1-10-7-8-12-9-13(14-15(10)12)11-5-3-2-4-6-11/h2-8H,9H2,1H3. The first-order valence-corrected chi connectivity index (χ1v) is 5.15. The lowest BCUT2D eigenvalue weighted by molar-refractivity contribution is 0.842. The fraction of sp³-hybridized carbons (Fsp3) is 0.154. The van der Waals surface area contributed by atoms with Gasteiger partial charge in [0.25, 0.3) is 0 Å². The van der Waals surface area contributed by atoms with Crippen molar-refractivity contribution in [2.45, 2.75) is 13.3 Å². The van der Waals surface area contributed by atoms with Gasteiger partial charge in [0.1, 0.15) is 0 Å². The van der Waals surface area contributed by atoms with Gasteiger partial charge < -0.3 is 0 Å². The summed E-state index contributed by atoms with van der Waals surface area (Å²) in [5.74, 6) is 0. The van der Waals surface area contributed by atoms with E-state index in [-0.39, 0.29) is 0 Å². The van der Waals surface area contributed by atoms with Gasteiger partial charge in [0, 0.05) is 17.8 Å². The minimum absolute atomic E-state index is 0.942. The molecule has 0 amide bonds.